The van der Waals surface area contributed by atoms with E-state index in [2.05, 4.69) is 15.3 Å². The number of amides is 1. The molecule has 0 aliphatic heterocycles. The molecule has 0 spiro atoms. The predicted molar refractivity (Wildman–Crippen MR) is 128 cm³/mol. The van der Waals surface area contributed by atoms with Crippen LogP contribution in [0.15, 0.2) is 59.9 Å². The van der Waals surface area contributed by atoms with Gasteiger partial charge in [-0.2, -0.15) is 13.2 Å². The summed E-state index contributed by atoms with van der Waals surface area (Å²) in [4.78, 5) is 21.9. The van der Waals surface area contributed by atoms with Crippen molar-refractivity contribution in [1.29, 1.82) is 0 Å². The van der Waals surface area contributed by atoms with Gasteiger partial charge in [0.1, 0.15) is 12.1 Å². The van der Waals surface area contributed by atoms with Gasteiger partial charge in [0, 0.05) is 17.6 Å². The van der Waals surface area contributed by atoms with Gasteiger partial charge in [0.25, 0.3) is 0 Å². The van der Waals surface area contributed by atoms with Crippen LogP contribution in [0.25, 0.3) is 11.2 Å². The SMILES string of the molecule is Cc1cc(C)c(NC(=O)Cn2c(SCc3cccc(C(F)(F)F)c3)nc3cccnc32)c(C)c1. The van der Waals surface area contributed by atoms with Crippen LogP contribution in [0.3, 0.4) is 0 Å². The summed E-state index contributed by atoms with van der Waals surface area (Å²) in [5, 5.41) is 3.50. The van der Waals surface area contributed by atoms with Crippen LogP contribution >= 0.6 is 11.8 Å². The highest BCUT2D eigenvalue weighted by Gasteiger charge is 2.30. The first-order chi connectivity index (χ1) is 16.1. The molecule has 0 fully saturated rings. The first-order valence-corrected chi connectivity index (χ1v) is 11.6. The Morgan fingerprint density at radius 1 is 1.06 bits per heavy atom. The molecule has 5 nitrogen and oxygen atoms in total. The average molecular weight is 485 g/mol. The Morgan fingerprint density at radius 2 is 1.79 bits per heavy atom. The van der Waals surface area contributed by atoms with Crippen LogP contribution in [0.5, 0.6) is 0 Å². The van der Waals surface area contributed by atoms with E-state index in [9.17, 15) is 18.0 Å². The fourth-order valence-corrected chi connectivity index (χ4v) is 4.82. The first-order valence-electron chi connectivity index (χ1n) is 10.6. The summed E-state index contributed by atoms with van der Waals surface area (Å²) < 4.78 is 40.9. The van der Waals surface area contributed by atoms with Crippen LogP contribution in [0.4, 0.5) is 18.9 Å². The van der Waals surface area contributed by atoms with Crippen molar-refractivity contribution in [1.82, 2.24) is 14.5 Å². The van der Waals surface area contributed by atoms with Gasteiger partial charge in [0.05, 0.1) is 5.56 Å². The lowest BCUT2D eigenvalue weighted by Crippen LogP contribution is -2.20. The van der Waals surface area contributed by atoms with Crippen molar-refractivity contribution < 1.29 is 18.0 Å². The number of pyridine rings is 1. The van der Waals surface area contributed by atoms with Gasteiger partial charge in [-0.25, -0.2) is 9.97 Å². The van der Waals surface area contributed by atoms with Gasteiger partial charge < -0.3 is 5.32 Å². The molecule has 0 aliphatic rings. The van der Waals surface area contributed by atoms with Gasteiger partial charge in [0.15, 0.2) is 10.8 Å². The van der Waals surface area contributed by atoms with Crippen molar-refractivity contribution in [2.24, 2.45) is 0 Å². The number of carbonyl (C=O) groups excluding carboxylic acids is 1. The van der Waals surface area contributed by atoms with Crippen molar-refractivity contribution >= 4 is 34.5 Å². The minimum Gasteiger partial charge on any atom is -0.324 e. The van der Waals surface area contributed by atoms with Crippen LogP contribution in [-0.2, 0) is 23.3 Å². The molecule has 2 aromatic carbocycles. The van der Waals surface area contributed by atoms with Crippen molar-refractivity contribution in [3.63, 3.8) is 0 Å². The highest BCUT2D eigenvalue weighted by Crippen LogP contribution is 2.32. The Bertz CT molecular complexity index is 1340. The number of rotatable bonds is 6. The molecule has 9 heteroatoms. The summed E-state index contributed by atoms with van der Waals surface area (Å²) in [6, 6.07) is 12.8. The summed E-state index contributed by atoms with van der Waals surface area (Å²) in [5.74, 6) is 0.0336. The van der Waals surface area contributed by atoms with Crippen molar-refractivity contribution in [3.8, 4) is 0 Å². The second-order valence-corrected chi connectivity index (χ2v) is 9.08. The molecule has 4 aromatic rings. The van der Waals surface area contributed by atoms with E-state index in [1.165, 1.54) is 17.8 Å². The number of nitrogens with zero attached hydrogens (tertiary/aromatic N) is 3. The largest absolute Gasteiger partial charge is 0.416 e. The highest BCUT2D eigenvalue weighted by molar-refractivity contribution is 7.98. The maximum Gasteiger partial charge on any atom is 0.416 e. The zero-order valence-corrected chi connectivity index (χ0v) is 19.7. The third kappa shape index (κ3) is 5.25. The van der Waals surface area contributed by atoms with E-state index in [1.807, 2.05) is 32.9 Å². The van der Waals surface area contributed by atoms with E-state index >= 15 is 0 Å². The van der Waals surface area contributed by atoms with Crippen molar-refractivity contribution in [2.75, 3.05) is 5.32 Å². The lowest BCUT2D eigenvalue weighted by atomic mass is 10.1. The Hall–Kier alpha value is -3.33. The summed E-state index contributed by atoms with van der Waals surface area (Å²) >= 11 is 1.27. The number of benzene rings is 2. The van der Waals surface area contributed by atoms with Crippen LogP contribution in [0, 0.1) is 20.8 Å². The van der Waals surface area contributed by atoms with Gasteiger partial charge in [-0.15, -0.1) is 0 Å². The molecule has 0 unspecified atom stereocenters. The van der Waals surface area contributed by atoms with Crippen LogP contribution in [0.1, 0.15) is 27.8 Å². The Labute approximate surface area is 199 Å². The van der Waals surface area contributed by atoms with E-state index < -0.39 is 11.7 Å². The van der Waals surface area contributed by atoms with E-state index in [0.29, 0.717) is 21.9 Å². The second-order valence-electron chi connectivity index (χ2n) is 8.14. The van der Waals surface area contributed by atoms with E-state index in [0.717, 1.165) is 34.5 Å². The standard InChI is InChI=1S/C25H23F3N4OS/c1-15-10-16(2)22(17(3)11-15)31-21(33)13-32-23-20(8-5-9-29-23)30-24(32)34-14-18-6-4-7-19(12-18)25(26,27)28/h4-12H,13-14H2,1-3H3,(H,31,33). The molecular weight excluding hydrogens is 461 g/mol. The zero-order chi connectivity index (χ0) is 24.5. The maximum absolute atomic E-state index is 13.1. The van der Waals surface area contributed by atoms with Crippen molar-refractivity contribution in [2.45, 2.75) is 44.4 Å². The van der Waals surface area contributed by atoms with E-state index in [-0.39, 0.29) is 18.2 Å². The number of hydrogen-bond donors (Lipinski definition) is 1. The minimum atomic E-state index is -4.40. The summed E-state index contributed by atoms with van der Waals surface area (Å²) in [6.45, 7) is 5.87. The van der Waals surface area contributed by atoms with Gasteiger partial charge in [-0.05, 0) is 55.7 Å². The monoisotopic (exact) mass is 484 g/mol. The van der Waals surface area contributed by atoms with Gasteiger partial charge >= 0.3 is 6.18 Å². The van der Waals surface area contributed by atoms with Crippen LogP contribution in [0.2, 0.25) is 0 Å². The molecular formula is C25H23F3N4OS. The van der Waals surface area contributed by atoms with Gasteiger partial charge in [-0.3, -0.25) is 9.36 Å². The lowest BCUT2D eigenvalue weighted by Gasteiger charge is -2.14. The molecule has 2 aromatic heterocycles. The third-order valence-corrected chi connectivity index (χ3v) is 6.38. The van der Waals surface area contributed by atoms with Gasteiger partial charge in [-0.1, -0.05) is 47.7 Å². The number of halogens is 3. The molecule has 1 N–H and O–H groups in total. The molecule has 0 saturated heterocycles. The number of anilines is 1. The number of fused-ring (bicyclic) bond motifs is 1. The number of aromatic nitrogens is 3. The molecule has 0 radical (unpaired) electrons. The average Bonchev–Trinajstić information content (AvgIpc) is 3.12. The number of alkyl halides is 3. The molecule has 0 atom stereocenters. The molecule has 176 valence electrons. The molecule has 34 heavy (non-hydrogen) atoms. The smallest absolute Gasteiger partial charge is 0.324 e. The molecule has 0 saturated carbocycles. The van der Waals surface area contributed by atoms with E-state index in [1.54, 1.807) is 29.0 Å². The predicted octanol–water partition coefficient (Wildman–Crippen LogP) is 6.31. The topological polar surface area (TPSA) is 59.8 Å². The number of nitrogens with one attached hydrogen (secondary N) is 1. The fourth-order valence-electron chi connectivity index (χ4n) is 3.88. The van der Waals surface area contributed by atoms with Crippen molar-refractivity contribution in [3.05, 3.63) is 82.5 Å². The number of hydrogen-bond acceptors (Lipinski definition) is 4. The fraction of sp³-hybridized carbons (Fsp3) is 0.240. The molecule has 4 rings (SSSR count). The minimum absolute atomic E-state index is 0.0226. The summed E-state index contributed by atoms with van der Waals surface area (Å²) in [7, 11) is 0. The number of thioether (sulfide) groups is 1. The summed E-state index contributed by atoms with van der Waals surface area (Å²) in [5.41, 5.74) is 4.81. The zero-order valence-electron chi connectivity index (χ0n) is 18.9. The van der Waals surface area contributed by atoms with E-state index in [4.69, 9.17) is 0 Å². The quantitative estimate of drug-likeness (QED) is 0.326. The number of carbonyl (C=O) groups is 1. The number of aryl methyl sites for hydroxylation is 3. The highest BCUT2D eigenvalue weighted by atomic mass is 32.2. The lowest BCUT2D eigenvalue weighted by molar-refractivity contribution is -0.137. The maximum atomic E-state index is 13.1. The Balaban J connectivity index is 1.58. The second kappa shape index (κ2) is 9.50. The third-order valence-electron chi connectivity index (χ3n) is 5.33. The Morgan fingerprint density at radius 3 is 2.50 bits per heavy atom. The Kier molecular flexibility index (Phi) is 6.65. The normalized spacial score (nSPS) is 11.7. The molecule has 0 bridgehead atoms. The van der Waals surface area contributed by atoms with Crippen LogP contribution < -0.4 is 5.32 Å². The molecule has 1 amide bonds. The molecule has 0 aliphatic carbocycles. The van der Waals surface area contributed by atoms with Gasteiger partial charge in [0.2, 0.25) is 5.91 Å². The molecule has 2 heterocycles. The van der Waals surface area contributed by atoms with Crippen LogP contribution in [-0.4, -0.2) is 20.4 Å². The first kappa shape index (κ1) is 23.8. The summed E-state index contributed by atoms with van der Waals surface area (Å²) in [6.07, 6.45) is -2.78. The number of imidazole rings is 1.